The number of nitrogens with zero attached hydrogens (tertiary/aromatic N) is 1. The number of anilines is 3. The molecule has 0 radical (unpaired) electrons. The number of rotatable bonds is 8. The minimum Gasteiger partial charge on any atom is -0.310 e. The standard InChI is InChI=1S/C58H55N/c1-58(2)55-36-45(40-14-6-3-7-15-40)28-33-51(55)54-37-53(42-18-10-5-11-19-42)57(38-56(54)58)59(48-31-26-44(27-32-48)52-35-39-22-23-46(52)34-39)47-29-24-43(25-30-47)50-21-13-12-20-49(50)41-16-8-4-9-17-41/h3,5-7,10-15,18-21,24-33,36-39,41,46,52H,4,8-9,16-17,22-23,34-35H2,1-2H3. The predicted molar refractivity (Wildman–Crippen MR) is 249 cm³/mol. The Bertz CT molecular complexity index is 2610. The molecule has 4 aliphatic carbocycles. The summed E-state index contributed by atoms with van der Waals surface area (Å²) in [6.45, 7) is 4.84. The van der Waals surface area contributed by atoms with Gasteiger partial charge in [-0.15, -0.1) is 0 Å². The number of benzene rings is 7. The van der Waals surface area contributed by atoms with Crippen LogP contribution in [0.3, 0.4) is 0 Å². The molecule has 1 heteroatoms. The summed E-state index contributed by atoms with van der Waals surface area (Å²) in [6.07, 6.45) is 12.3. The summed E-state index contributed by atoms with van der Waals surface area (Å²) < 4.78 is 0. The minimum atomic E-state index is -0.177. The van der Waals surface area contributed by atoms with Gasteiger partial charge in [-0.2, -0.15) is 0 Å². The van der Waals surface area contributed by atoms with Crippen LogP contribution in [0.15, 0.2) is 164 Å². The largest absolute Gasteiger partial charge is 0.310 e. The highest BCUT2D eigenvalue weighted by molar-refractivity contribution is 5.95. The second-order valence-electron chi connectivity index (χ2n) is 18.7. The van der Waals surface area contributed by atoms with E-state index in [2.05, 4.69) is 183 Å². The average Bonchev–Trinajstić information content (AvgIpc) is 4.00. The second kappa shape index (κ2) is 14.9. The Balaban J connectivity index is 1.06. The molecule has 0 aliphatic heterocycles. The van der Waals surface area contributed by atoms with Crippen LogP contribution in [-0.2, 0) is 5.41 Å². The normalized spacial score (nSPS) is 20.3. The van der Waals surface area contributed by atoms with Gasteiger partial charge in [0.05, 0.1) is 5.69 Å². The van der Waals surface area contributed by atoms with Crippen molar-refractivity contribution in [2.75, 3.05) is 4.90 Å². The van der Waals surface area contributed by atoms with E-state index in [1.807, 2.05) is 0 Å². The van der Waals surface area contributed by atoms with Crippen LogP contribution < -0.4 is 4.90 Å². The van der Waals surface area contributed by atoms with Crippen molar-refractivity contribution >= 4 is 17.1 Å². The van der Waals surface area contributed by atoms with Crippen molar-refractivity contribution in [3.05, 3.63) is 186 Å². The quantitative estimate of drug-likeness (QED) is 0.149. The van der Waals surface area contributed by atoms with Crippen LogP contribution in [0.2, 0.25) is 0 Å². The van der Waals surface area contributed by atoms with Crippen molar-refractivity contribution in [2.24, 2.45) is 11.8 Å². The fourth-order valence-electron chi connectivity index (χ4n) is 11.9. The van der Waals surface area contributed by atoms with Gasteiger partial charge >= 0.3 is 0 Å². The van der Waals surface area contributed by atoms with E-state index in [1.165, 1.54) is 142 Å². The van der Waals surface area contributed by atoms with Gasteiger partial charge in [0.15, 0.2) is 0 Å². The highest BCUT2D eigenvalue weighted by Crippen LogP contribution is 2.56. The van der Waals surface area contributed by atoms with E-state index >= 15 is 0 Å². The van der Waals surface area contributed by atoms with Gasteiger partial charge in [-0.1, -0.05) is 161 Å². The fraction of sp³-hybridized carbons (Fsp3) is 0.276. The van der Waals surface area contributed by atoms with E-state index in [4.69, 9.17) is 0 Å². The van der Waals surface area contributed by atoms with Crippen LogP contribution in [0.25, 0.3) is 44.5 Å². The average molecular weight is 766 g/mol. The molecule has 0 N–H and O–H groups in total. The molecular weight excluding hydrogens is 711 g/mol. The molecule has 3 saturated carbocycles. The molecule has 0 aromatic heterocycles. The van der Waals surface area contributed by atoms with E-state index in [0.717, 1.165) is 11.8 Å². The Hall–Kier alpha value is -5.66. The summed E-state index contributed by atoms with van der Waals surface area (Å²) in [5.41, 5.74) is 19.7. The summed E-state index contributed by atoms with van der Waals surface area (Å²) in [4.78, 5) is 2.55. The van der Waals surface area contributed by atoms with Gasteiger partial charge in [0, 0.05) is 22.4 Å². The SMILES string of the molecule is CC1(C)c2cc(-c3ccccc3)ccc2-c2cc(-c3ccccc3)c(N(c3ccc(-c4ccccc4C4CCCCC4)cc3)c3ccc(C4CC5CCC4C5)cc3)cc21. The van der Waals surface area contributed by atoms with Crippen LogP contribution >= 0.6 is 0 Å². The molecule has 4 aliphatic rings. The third-order valence-electron chi connectivity index (χ3n) is 15.0. The molecule has 3 atom stereocenters. The molecule has 0 amide bonds. The first-order valence-electron chi connectivity index (χ1n) is 22.5. The van der Waals surface area contributed by atoms with Crippen molar-refractivity contribution in [1.29, 1.82) is 0 Å². The number of hydrogen-bond donors (Lipinski definition) is 0. The first-order chi connectivity index (χ1) is 29.0. The topological polar surface area (TPSA) is 3.24 Å². The lowest BCUT2D eigenvalue weighted by Gasteiger charge is -2.31. The van der Waals surface area contributed by atoms with Crippen LogP contribution in [0.1, 0.15) is 106 Å². The van der Waals surface area contributed by atoms with Crippen molar-refractivity contribution in [3.63, 3.8) is 0 Å². The molecule has 3 fully saturated rings. The molecule has 0 spiro atoms. The summed E-state index contributed by atoms with van der Waals surface area (Å²) in [5.74, 6) is 3.15. The van der Waals surface area contributed by atoms with Crippen molar-refractivity contribution in [2.45, 2.75) is 88.9 Å². The van der Waals surface area contributed by atoms with Gasteiger partial charge in [-0.05, 0) is 159 Å². The van der Waals surface area contributed by atoms with Gasteiger partial charge in [0.2, 0.25) is 0 Å². The van der Waals surface area contributed by atoms with Gasteiger partial charge in [0.25, 0.3) is 0 Å². The van der Waals surface area contributed by atoms with Crippen molar-refractivity contribution in [3.8, 4) is 44.5 Å². The third kappa shape index (κ3) is 6.46. The van der Waals surface area contributed by atoms with Crippen LogP contribution in [-0.4, -0.2) is 0 Å². The number of fused-ring (bicyclic) bond motifs is 5. The summed E-state index contributed by atoms with van der Waals surface area (Å²) in [7, 11) is 0. The molecule has 59 heavy (non-hydrogen) atoms. The van der Waals surface area contributed by atoms with E-state index in [-0.39, 0.29) is 5.41 Å². The maximum atomic E-state index is 2.55. The minimum absolute atomic E-state index is 0.177. The lowest BCUT2D eigenvalue weighted by Crippen LogP contribution is -2.17. The van der Waals surface area contributed by atoms with Gasteiger partial charge in [-0.3, -0.25) is 0 Å². The summed E-state index contributed by atoms with van der Waals surface area (Å²) in [6, 6.07) is 62.6. The van der Waals surface area contributed by atoms with Gasteiger partial charge < -0.3 is 4.90 Å². The second-order valence-corrected chi connectivity index (χ2v) is 18.7. The zero-order valence-electron chi connectivity index (χ0n) is 34.7. The summed E-state index contributed by atoms with van der Waals surface area (Å²) >= 11 is 0. The first kappa shape index (κ1) is 36.4. The zero-order chi connectivity index (χ0) is 39.5. The van der Waals surface area contributed by atoms with E-state index in [0.29, 0.717) is 11.8 Å². The maximum Gasteiger partial charge on any atom is 0.0543 e. The fourth-order valence-corrected chi connectivity index (χ4v) is 11.9. The smallest absolute Gasteiger partial charge is 0.0543 e. The monoisotopic (exact) mass is 765 g/mol. The third-order valence-corrected chi connectivity index (χ3v) is 15.0. The maximum absolute atomic E-state index is 2.55. The lowest BCUT2D eigenvalue weighted by molar-refractivity contribution is 0.420. The molecular formula is C58H55N. The summed E-state index contributed by atoms with van der Waals surface area (Å²) in [5, 5.41) is 0. The van der Waals surface area contributed by atoms with Crippen molar-refractivity contribution in [1.82, 2.24) is 0 Å². The highest BCUT2D eigenvalue weighted by Gasteiger charge is 2.40. The molecule has 0 saturated heterocycles. The lowest BCUT2D eigenvalue weighted by atomic mass is 9.80. The molecule has 7 aromatic carbocycles. The van der Waals surface area contributed by atoms with Crippen LogP contribution in [0.5, 0.6) is 0 Å². The number of hydrogen-bond acceptors (Lipinski definition) is 1. The van der Waals surface area contributed by atoms with E-state index in [1.54, 1.807) is 0 Å². The Labute approximate surface area is 351 Å². The zero-order valence-corrected chi connectivity index (χ0v) is 34.7. The Morgan fingerprint density at radius 2 is 1.08 bits per heavy atom. The molecule has 292 valence electrons. The molecule has 11 rings (SSSR count). The van der Waals surface area contributed by atoms with Crippen molar-refractivity contribution < 1.29 is 0 Å². The van der Waals surface area contributed by atoms with Gasteiger partial charge in [-0.25, -0.2) is 0 Å². The highest BCUT2D eigenvalue weighted by atomic mass is 15.1. The Morgan fingerprint density at radius 1 is 0.458 bits per heavy atom. The van der Waals surface area contributed by atoms with Crippen LogP contribution in [0, 0.1) is 11.8 Å². The molecule has 2 bridgehead atoms. The predicted octanol–water partition coefficient (Wildman–Crippen LogP) is 16.4. The molecule has 3 unspecified atom stereocenters. The van der Waals surface area contributed by atoms with Gasteiger partial charge in [0.1, 0.15) is 0 Å². The Kier molecular flexibility index (Phi) is 9.18. The first-order valence-corrected chi connectivity index (χ1v) is 22.5. The Morgan fingerprint density at radius 3 is 1.78 bits per heavy atom. The molecule has 0 heterocycles. The van der Waals surface area contributed by atoms with E-state index in [9.17, 15) is 0 Å². The molecule has 7 aromatic rings. The van der Waals surface area contributed by atoms with E-state index < -0.39 is 0 Å². The van der Waals surface area contributed by atoms with Crippen LogP contribution in [0.4, 0.5) is 17.1 Å². The molecule has 1 nitrogen and oxygen atoms in total.